The molecular formula is C30H38BrN5O5S. The predicted octanol–water partition coefficient (Wildman–Crippen LogP) is 3.54. The zero-order valence-electron chi connectivity index (χ0n) is 23.8. The summed E-state index contributed by atoms with van der Waals surface area (Å²) in [5, 5.41) is 18.6. The van der Waals surface area contributed by atoms with Crippen LogP contribution in [0.15, 0.2) is 49.6 Å². The average Bonchev–Trinajstić information content (AvgIpc) is 3.70. The SMILES string of the molecule is C=CCCCCOC(=O)[C@H]1[C@@H]2SC3(CC2Br)C(C(=O)N(CC=C)Cn2nnc4ccccc42)N([C@@H](CC)CO)C(=O)[C@H]13. The zero-order valence-corrected chi connectivity index (χ0v) is 26.2. The molecule has 5 rings (SSSR count). The molecule has 2 aromatic rings. The molecule has 3 aliphatic rings. The van der Waals surface area contributed by atoms with E-state index in [1.807, 2.05) is 37.3 Å². The highest BCUT2D eigenvalue weighted by molar-refractivity contribution is 9.09. The predicted molar refractivity (Wildman–Crippen MR) is 165 cm³/mol. The molecule has 3 unspecified atom stereocenters. The van der Waals surface area contributed by atoms with Crippen molar-refractivity contribution in [1.29, 1.82) is 0 Å². The van der Waals surface area contributed by atoms with Crippen LogP contribution in [0.5, 0.6) is 0 Å². The number of hydrogen-bond acceptors (Lipinski definition) is 8. The van der Waals surface area contributed by atoms with Gasteiger partial charge in [-0.25, -0.2) is 4.68 Å². The van der Waals surface area contributed by atoms with Crippen molar-refractivity contribution in [3.8, 4) is 0 Å². The Morgan fingerprint density at radius 1 is 1.31 bits per heavy atom. The summed E-state index contributed by atoms with van der Waals surface area (Å²) in [5.74, 6) is -2.30. The number of allylic oxidation sites excluding steroid dienone is 1. The summed E-state index contributed by atoms with van der Waals surface area (Å²) in [6.45, 7) is 9.82. The molecule has 10 nitrogen and oxygen atoms in total. The molecule has 1 aromatic carbocycles. The number of carbonyl (C=O) groups is 3. The van der Waals surface area contributed by atoms with Gasteiger partial charge in [-0.2, -0.15) is 0 Å². The fraction of sp³-hybridized carbons (Fsp3) is 0.567. The highest BCUT2D eigenvalue weighted by atomic mass is 79.9. The number of aliphatic hydroxyl groups is 1. The van der Waals surface area contributed by atoms with Gasteiger partial charge in [-0.15, -0.1) is 30.0 Å². The third kappa shape index (κ3) is 5.19. The fourth-order valence-electron chi connectivity index (χ4n) is 6.81. The van der Waals surface area contributed by atoms with Crippen LogP contribution in [0.2, 0.25) is 0 Å². The third-order valence-corrected chi connectivity index (χ3v) is 12.0. The smallest absolute Gasteiger partial charge is 0.310 e. The van der Waals surface area contributed by atoms with Crippen LogP contribution in [0.1, 0.15) is 39.0 Å². The Morgan fingerprint density at radius 3 is 2.81 bits per heavy atom. The van der Waals surface area contributed by atoms with Gasteiger partial charge in [0.25, 0.3) is 0 Å². The van der Waals surface area contributed by atoms with E-state index in [2.05, 4.69) is 39.4 Å². The molecule has 2 amide bonds. The van der Waals surface area contributed by atoms with E-state index >= 15 is 0 Å². The Morgan fingerprint density at radius 2 is 2.10 bits per heavy atom. The number of thioether (sulfide) groups is 1. The van der Waals surface area contributed by atoms with Crippen molar-refractivity contribution in [2.75, 3.05) is 19.8 Å². The van der Waals surface area contributed by atoms with Crippen LogP contribution < -0.4 is 0 Å². The first-order valence-corrected chi connectivity index (χ1v) is 16.3. The Hall–Kier alpha value is -2.70. The minimum Gasteiger partial charge on any atom is -0.465 e. The maximum Gasteiger partial charge on any atom is 0.310 e. The minimum absolute atomic E-state index is 0.0681. The first-order chi connectivity index (χ1) is 20.3. The van der Waals surface area contributed by atoms with Crippen LogP contribution in [0, 0.1) is 11.8 Å². The molecule has 3 aliphatic heterocycles. The van der Waals surface area contributed by atoms with Crippen LogP contribution in [0.25, 0.3) is 11.0 Å². The summed E-state index contributed by atoms with van der Waals surface area (Å²) < 4.78 is 6.53. The van der Waals surface area contributed by atoms with Gasteiger partial charge < -0.3 is 19.6 Å². The molecule has 42 heavy (non-hydrogen) atoms. The number of ether oxygens (including phenoxy) is 1. The van der Waals surface area contributed by atoms with E-state index in [9.17, 15) is 19.5 Å². The van der Waals surface area contributed by atoms with E-state index in [1.165, 1.54) is 0 Å². The van der Waals surface area contributed by atoms with Crippen molar-refractivity contribution < 1.29 is 24.2 Å². The number of hydrogen-bond donors (Lipinski definition) is 1. The van der Waals surface area contributed by atoms with Crippen molar-refractivity contribution >= 4 is 56.5 Å². The summed E-state index contributed by atoms with van der Waals surface area (Å²) >= 11 is 5.34. The van der Waals surface area contributed by atoms with Gasteiger partial charge in [0.1, 0.15) is 18.2 Å². The molecule has 4 heterocycles. The van der Waals surface area contributed by atoms with Crippen LogP contribution in [-0.2, 0) is 25.8 Å². The molecule has 0 saturated carbocycles. The van der Waals surface area contributed by atoms with Gasteiger partial charge in [0.2, 0.25) is 11.8 Å². The molecular weight excluding hydrogens is 622 g/mol. The van der Waals surface area contributed by atoms with Crippen molar-refractivity contribution in [1.82, 2.24) is 24.8 Å². The van der Waals surface area contributed by atoms with Crippen molar-refractivity contribution in [3.63, 3.8) is 0 Å². The largest absolute Gasteiger partial charge is 0.465 e. The van der Waals surface area contributed by atoms with Crippen molar-refractivity contribution in [3.05, 3.63) is 49.6 Å². The van der Waals surface area contributed by atoms with Gasteiger partial charge in [0.15, 0.2) is 0 Å². The zero-order chi connectivity index (χ0) is 30.0. The van der Waals surface area contributed by atoms with E-state index in [4.69, 9.17) is 4.74 Å². The lowest BCUT2D eigenvalue weighted by molar-refractivity contribution is -0.154. The number of alkyl halides is 1. The number of unbranched alkanes of at least 4 members (excludes halogenated alkanes) is 2. The highest BCUT2D eigenvalue weighted by Crippen LogP contribution is 2.68. The molecule has 1 aromatic heterocycles. The van der Waals surface area contributed by atoms with E-state index in [1.54, 1.807) is 32.3 Å². The number of aromatic nitrogens is 3. The Labute approximate surface area is 258 Å². The molecule has 7 atom stereocenters. The van der Waals surface area contributed by atoms with E-state index in [0.29, 0.717) is 24.8 Å². The second kappa shape index (κ2) is 12.9. The van der Waals surface area contributed by atoms with Gasteiger partial charge in [0.05, 0.1) is 41.4 Å². The van der Waals surface area contributed by atoms with Gasteiger partial charge >= 0.3 is 5.97 Å². The van der Waals surface area contributed by atoms with Crippen molar-refractivity contribution in [2.45, 2.75) is 72.6 Å². The maximum atomic E-state index is 14.7. The normalized spacial score (nSPS) is 28.6. The van der Waals surface area contributed by atoms with Gasteiger partial charge in [-0.3, -0.25) is 14.4 Å². The number of aliphatic hydroxyl groups excluding tert-OH is 1. The van der Waals surface area contributed by atoms with Crippen LogP contribution in [-0.4, -0.2) is 94.4 Å². The first kappa shape index (κ1) is 30.7. The molecule has 3 saturated heterocycles. The number of para-hydroxylation sites is 1. The molecule has 3 fully saturated rings. The molecule has 12 heteroatoms. The Kier molecular flexibility index (Phi) is 9.44. The van der Waals surface area contributed by atoms with Gasteiger partial charge in [0, 0.05) is 16.6 Å². The number of halogens is 1. The summed E-state index contributed by atoms with van der Waals surface area (Å²) in [6, 6.07) is 6.08. The summed E-state index contributed by atoms with van der Waals surface area (Å²) in [7, 11) is 0. The number of benzene rings is 1. The summed E-state index contributed by atoms with van der Waals surface area (Å²) in [4.78, 5) is 45.6. The molecule has 1 N–H and O–H groups in total. The number of carbonyl (C=O) groups excluding carboxylic acids is 3. The second-order valence-corrected chi connectivity index (χ2v) is 13.9. The number of nitrogens with zero attached hydrogens (tertiary/aromatic N) is 5. The number of esters is 1. The third-order valence-electron chi connectivity index (χ3n) is 8.74. The van der Waals surface area contributed by atoms with Crippen molar-refractivity contribution in [2.24, 2.45) is 11.8 Å². The average molecular weight is 661 g/mol. The van der Waals surface area contributed by atoms with Crippen LogP contribution >= 0.6 is 27.7 Å². The summed E-state index contributed by atoms with van der Waals surface area (Å²) in [5.41, 5.74) is 1.49. The number of rotatable bonds is 14. The monoisotopic (exact) mass is 659 g/mol. The molecule has 226 valence electrons. The lowest BCUT2D eigenvalue weighted by Crippen LogP contribution is -2.58. The molecule has 0 aliphatic carbocycles. The Balaban J connectivity index is 1.49. The Bertz CT molecular complexity index is 1350. The maximum absolute atomic E-state index is 14.7. The number of fused-ring (bicyclic) bond motifs is 2. The second-order valence-electron chi connectivity index (χ2n) is 11.2. The topological polar surface area (TPSA) is 118 Å². The molecule has 2 bridgehead atoms. The van der Waals surface area contributed by atoms with Gasteiger partial charge in [-0.05, 0) is 44.2 Å². The number of amides is 2. The standard InChI is InChI=1S/C30H38BrN5O5S/c1-4-7-8-11-15-41-29(40)23-24-27(38)36(19(6-3)17-37)26(30(24)16-20(31)25(23)42-30)28(39)34(14-5-2)18-35-22-13-10-9-12-21(22)32-33-35/h4-5,9-10,12-13,19-20,23-26,37H,1-2,6-8,11,14-18H2,3H3/t19-,20?,23+,24-,25+,26?,30?/m0/s1. The van der Waals surface area contributed by atoms with E-state index < -0.39 is 34.6 Å². The minimum atomic E-state index is -0.873. The summed E-state index contributed by atoms with van der Waals surface area (Å²) in [6.07, 6.45) is 6.92. The highest BCUT2D eigenvalue weighted by Gasteiger charge is 2.76. The first-order valence-electron chi connectivity index (χ1n) is 14.5. The fourth-order valence-corrected chi connectivity index (χ4v) is 10.4. The van der Waals surface area contributed by atoms with Crippen LogP contribution in [0.3, 0.4) is 0 Å². The molecule has 0 radical (unpaired) electrons. The lowest BCUT2D eigenvalue weighted by Gasteiger charge is -2.39. The quantitative estimate of drug-likeness (QED) is 0.142. The van der Waals surface area contributed by atoms with Crippen LogP contribution in [0.4, 0.5) is 0 Å². The number of likely N-dealkylation sites (tertiary alicyclic amines) is 1. The lowest BCUT2D eigenvalue weighted by atomic mass is 9.71. The van der Waals surface area contributed by atoms with Gasteiger partial charge in [-0.1, -0.05) is 52.4 Å². The van der Waals surface area contributed by atoms with E-state index in [0.717, 1.165) is 18.4 Å². The molecule has 1 spiro atoms. The van der Waals surface area contributed by atoms with E-state index in [-0.39, 0.29) is 48.3 Å².